The third-order valence-electron chi connectivity index (χ3n) is 3.49. The van der Waals surface area contributed by atoms with Crippen LogP contribution in [0.1, 0.15) is 96.8 Å². The molecular weight excluding hydrogens is 274 g/mol. The summed E-state index contributed by atoms with van der Waals surface area (Å²) in [4.78, 5) is 12.3. The molecule has 0 saturated heterocycles. The van der Waals surface area contributed by atoms with Crippen molar-refractivity contribution in [2.75, 3.05) is 21.1 Å². The molecule has 3 nitrogen and oxygen atoms in total. The second kappa shape index (κ2) is 20.4. The first-order valence-electron chi connectivity index (χ1n) is 9.33. The number of carboxylic acids is 1. The Morgan fingerprint density at radius 2 is 0.955 bits per heavy atom. The summed E-state index contributed by atoms with van der Waals surface area (Å²) in [6, 6.07) is 0. The van der Waals surface area contributed by atoms with Crippen LogP contribution in [0, 0.1) is 0 Å². The van der Waals surface area contributed by atoms with Gasteiger partial charge in [0.15, 0.2) is 0 Å². The van der Waals surface area contributed by atoms with Crippen molar-refractivity contribution in [2.24, 2.45) is 0 Å². The monoisotopic (exact) mass is 315 g/mol. The lowest BCUT2D eigenvalue weighted by atomic mass is 10.0. The maximum Gasteiger partial charge on any atom is 0.303 e. The molecule has 0 heterocycles. The first kappa shape index (κ1) is 23.7. The fourth-order valence-electron chi connectivity index (χ4n) is 2.29. The van der Waals surface area contributed by atoms with Crippen LogP contribution in [0.5, 0.6) is 0 Å². The van der Waals surface area contributed by atoms with Crippen molar-refractivity contribution in [2.45, 2.75) is 96.8 Å². The summed E-state index contributed by atoms with van der Waals surface area (Å²) in [5.41, 5.74) is 0. The van der Waals surface area contributed by atoms with Gasteiger partial charge in [0.1, 0.15) is 0 Å². The Labute approximate surface area is 139 Å². The van der Waals surface area contributed by atoms with E-state index >= 15 is 0 Å². The van der Waals surface area contributed by atoms with E-state index in [1.165, 1.54) is 70.6 Å². The lowest BCUT2D eigenvalue weighted by molar-refractivity contribution is -0.137. The molecule has 0 spiro atoms. The summed E-state index contributed by atoms with van der Waals surface area (Å²) in [5.74, 6) is -0.655. The van der Waals surface area contributed by atoms with Gasteiger partial charge in [0.25, 0.3) is 0 Å². The topological polar surface area (TPSA) is 40.5 Å². The van der Waals surface area contributed by atoms with Crippen molar-refractivity contribution in [3.8, 4) is 0 Å². The maximum atomic E-state index is 10.3. The number of unbranched alkanes of at least 4 members (excludes halogenated alkanes) is 12. The number of carbonyl (C=O) groups is 1. The first-order valence-corrected chi connectivity index (χ1v) is 9.33. The zero-order valence-electron chi connectivity index (χ0n) is 15.7. The standard InChI is InChI=1S/C16H32O2.C3H9N/c1-2-3-4-5-6-7-8-9-10-11-12-13-14-15-16(17)18;1-4(2)3/h2-15H2,1H3,(H,17,18);1-3H3. The Kier molecular flexibility index (Phi) is 22.0. The molecule has 0 radical (unpaired) electrons. The molecular formula is C19H41NO2. The molecule has 0 bridgehead atoms. The molecule has 0 aliphatic rings. The number of hydrogen-bond donors (Lipinski definition) is 1. The minimum atomic E-state index is -0.655. The van der Waals surface area contributed by atoms with Crippen LogP contribution >= 0.6 is 0 Å². The highest BCUT2D eigenvalue weighted by atomic mass is 16.4. The van der Waals surface area contributed by atoms with Crippen molar-refractivity contribution in [3.05, 3.63) is 0 Å². The van der Waals surface area contributed by atoms with E-state index in [1.54, 1.807) is 0 Å². The molecule has 1 N–H and O–H groups in total. The van der Waals surface area contributed by atoms with Crippen LogP contribution in [-0.4, -0.2) is 37.1 Å². The molecule has 0 unspecified atom stereocenters. The number of rotatable bonds is 14. The zero-order chi connectivity index (χ0) is 17.1. The molecule has 22 heavy (non-hydrogen) atoms. The Balaban J connectivity index is 0. The van der Waals surface area contributed by atoms with Gasteiger partial charge < -0.3 is 10.0 Å². The highest BCUT2D eigenvalue weighted by Gasteiger charge is 1.96. The van der Waals surface area contributed by atoms with E-state index < -0.39 is 5.97 Å². The van der Waals surface area contributed by atoms with Crippen LogP contribution in [0.15, 0.2) is 0 Å². The van der Waals surface area contributed by atoms with Crippen LogP contribution < -0.4 is 0 Å². The van der Waals surface area contributed by atoms with Gasteiger partial charge in [-0.3, -0.25) is 4.79 Å². The largest absolute Gasteiger partial charge is 0.481 e. The van der Waals surface area contributed by atoms with Gasteiger partial charge in [0.2, 0.25) is 0 Å². The van der Waals surface area contributed by atoms with Crippen molar-refractivity contribution in [1.82, 2.24) is 4.90 Å². The van der Waals surface area contributed by atoms with E-state index in [9.17, 15) is 4.79 Å². The summed E-state index contributed by atoms with van der Waals surface area (Å²) < 4.78 is 0. The lowest BCUT2D eigenvalue weighted by Crippen LogP contribution is -1.99. The van der Waals surface area contributed by atoms with Gasteiger partial charge in [0, 0.05) is 6.42 Å². The minimum Gasteiger partial charge on any atom is -0.481 e. The molecule has 0 aromatic heterocycles. The summed E-state index contributed by atoms with van der Waals surface area (Å²) in [5, 5.41) is 8.49. The molecule has 0 saturated carbocycles. The third kappa shape index (κ3) is 31.7. The molecule has 0 fully saturated rings. The predicted octanol–water partition coefficient (Wildman–Crippen LogP) is 5.73. The molecule has 0 atom stereocenters. The summed E-state index contributed by atoms with van der Waals surface area (Å²) in [7, 11) is 6.00. The maximum absolute atomic E-state index is 10.3. The van der Waals surface area contributed by atoms with Gasteiger partial charge in [-0.15, -0.1) is 0 Å². The van der Waals surface area contributed by atoms with Crippen LogP contribution in [0.4, 0.5) is 0 Å². The summed E-state index contributed by atoms with van der Waals surface area (Å²) in [6.45, 7) is 2.26. The van der Waals surface area contributed by atoms with Gasteiger partial charge >= 0.3 is 5.97 Å². The van der Waals surface area contributed by atoms with Crippen molar-refractivity contribution in [3.63, 3.8) is 0 Å². The fourth-order valence-corrected chi connectivity index (χ4v) is 2.29. The van der Waals surface area contributed by atoms with Crippen molar-refractivity contribution in [1.29, 1.82) is 0 Å². The van der Waals surface area contributed by atoms with Crippen molar-refractivity contribution < 1.29 is 9.90 Å². The number of nitrogens with zero attached hydrogens (tertiary/aromatic N) is 1. The van der Waals surface area contributed by atoms with Gasteiger partial charge in [-0.05, 0) is 27.6 Å². The quantitative estimate of drug-likeness (QED) is 0.416. The normalized spacial score (nSPS) is 10.4. The van der Waals surface area contributed by atoms with E-state index in [1.807, 2.05) is 26.0 Å². The fraction of sp³-hybridized carbons (Fsp3) is 0.947. The SMILES string of the molecule is CCCCCCCCCCCCCCCC(=O)O.CN(C)C. The third-order valence-corrected chi connectivity index (χ3v) is 3.49. The smallest absolute Gasteiger partial charge is 0.303 e. The van der Waals surface area contributed by atoms with E-state index in [4.69, 9.17) is 5.11 Å². The lowest BCUT2D eigenvalue weighted by Gasteiger charge is -2.02. The van der Waals surface area contributed by atoms with Gasteiger partial charge in [-0.1, -0.05) is 84.0 Å². The molecule has 134 valence electrons. The van der Waals surface area contributed by atoms with Crippen LogP contribution in [-0.2, 0) is 4.79 Å². The highest BCUT2D eigenvalue weighted by molar-refractivity contribution is 5.66. The number of carboxylic acid groups (broad SMARTS) is 1. The van der Waals surface area contributed by atoms with Crippen LogP contribution in [0.3, 0.4) is 0 Å². The molecule has 3 heteroatoms. The predicted molar refractivity (Wildman–Crippen MR) is 97.6 cm³/mol. The Morgan fingerprint density at radius 3 is 1.23 bits per heavy atom. The average Bonchev–Trinajstić information content (AvgIpc) is 2.43. The Morgan fingerprint density at radius 1 is 0.682 bits per heavy atom. The van der Waals surface area contributed by atoms with Crippen molar-refractivity contribution >= 4 is 5.97 Å². The van der Waals surface area contributed by atoms with Gasteiger partial charge in [0.05, 0.1) is 0 Å². The number of hydrogen-bond acceptors (Lipinski definition) is 2. The summed E-state index contributed by atoms with van der Waals surface area (Å²) in [6.07, 6.45) is 17.3. The Hall–Kier alpha value is -0.570. The highest BCUT2D eigenvalue weighted by Crippen LogP contribution is 2.12. The zero-order valence-corrected chi connectivity index (χ0v) is 15.7. The van der Waals surface area contributed by atoms with Crippen LogP contribution in [0.25, 0.3) is 0 Å². The Bertz CT molecular complexity index is 215. The average molecular weight is 316 g/mol. The molecule has 0 amide bonds. The molecule has 0 aromatic carbocycles. The number of aliphatic carboxylic acids is 1. The van der Waals surface area contributed by atoms with E-state index in [0.29, 0.717) is 6.42 Å². The van der Waals surface area contributed by atoms with E-state index in [2.05, 4.69) is 6.92 Å². The molecule has 0 rings (SSSR count). The molecule has 0 aromatic rings. The molecule has 0 aliphatic carbocycles. The second-order valence-electron chi connectivity index (χ2n) is 6.73. The molecule has 0 aliphatic heterocycles. The van der Waals surface area contributed by atoms with Crippen LogP contribution in [0.2, 0.25) is 0 Å². The first-order chi connectivity index (χ1) is 10.5. The second-order valence-corrected chi connectivity index (χ2v) is 6.73. The van der Waals surface area contributed by atoms with Gasteiger partial charge in [-0.25, -0.2) is 0 Å². The van der Waals surface area contributed by atoms with Gasteiger partial charge in [-0.2, -0.15) is 0 Å². The minimum absolute atomic E-state index is 0.345. The van der Waals surface area contributed by atoms with E-state index in [0.717, 1.165) is 12.8 Å². The summed E-state index contributed by atoms with van der Waals surface area (Å²) >= 11 is 0. The van der Waals surface area contributed by atoms with E-state index in [-0.39, 0.29) is 0 Å².